The van der Waals surface area contributed by atoms with Crippen molar-refractivity contribution >= 4 is 12.4 Å². The van der Waals surface area contributed by atoms with E-state index in [1.165, 1.54) is 25.7 Å². The molecule has 0 aromatic rings. The monoisotopic (exact) mass is 191 g/mol. The van der Waals surface area contributed by atoms with E-state index in [1.807, 2.05) is 0 Å². The predicted molar refractivity (Wildman–Crippen MR) is 51.6 cm³/mol. The van der Waals surface area contributed by atoms with Crippen molar-refractivity contribution in [3.8, 4) is 0 Å². The number of hydrogen-bond acceptors (Lipinski definition) is 2. The lowest BCUT2D eigenvalue weighted by molar-refractivity contribution is 0.0134. The Bertz CT molecular complexity index is 130. The van der Waals surface area contributed by atoms with Gasteiger partial charge in [-0.15, -0.1) is 12.4 Å². The predicted octanol–water partition coefficient (Wildman–Crippen LogP) is 1.86. The minimum absolute atomic E-state index is 0. The van der Waals surface area contributed by atoms with E-state index in [1.54, 1.807) is 0 Å². The molecule has 12 heavy (non-hydrogen) atoms. The molecule has 0 bridgehead atoms. The van der Waals surface area contributed by atoms with Gasteiger partial charge in [0.05, 0.1) is 12.2 Å². The summed E-state index contributed by atoms with van der Waals surface area (Å²) in [5.41, 5.74) is 5.79. The van der Waals surface area contributed by atoms with Gasteiger partial charge in [0.15, 0.2) is 0 Å². The Morgan fingerprint density at radius 2 is 1.25 bits per heavy atom. The van der Waals surface area contributed by atoms with E-state index >= 15 is 0 Å². The summed E-state index contributed by atoms with van der Waals surface area (Å²) in [4.78, 5) is 0. The fraction of sp³-hybridized carbons (Fsp3) is 1.00. The Morgan fingerprint density at radius 3 is 1.67 bits per heavy atom. The Labute approximate surface area is 80.3 Å². The van der Waals surface area contributed by atoms with Crippen molar-refractivity contribution < 1.29 is 4.74 Å². The highest BCUT2D eigenvalue weighted by atomic mass is 35.5. The molecule has 0 spiro atoms. The number of ether oxygens (including phenoxy) is 1. The number of nitrogens with two attached hydrogens (primary N) is 1. The van der Waals surface area contributed by atoms with E-state index in [0.717, 1.165) is 12.8 Å². The van der Waals surface area contributed by atoms with Crippen LogP contribution in [0.15, 0.2) is 0 Å². The average Bonchev–Trinajstić information content (AvgIpc) is 2.78. The average molecular weight is 192 g/mol. The second-order valence-electron chi connectivity index (χ2n) is 3.87. The van der Waals surface area contributed by atoms with Crippen molar-refractivity contribution in [3.05, 3.63) is 0 Å². The summed E-state index contributed by atoms with van der Waals surface area (Å²) < 4.78 is 5.80. The normalized spacial score (nSPS) is 35.8. The Hall–Kier alpha value is 0.210. The number of halogens is 1. The van der Waals surface area contributed by atoms with Gasteiger partial charge in [-0.05, 0) is 38.5 Å². The molecule has 2 fully saturated rings. The van der Waals surface area contributed by atoms with Crippen LogP contribution in [0, 0.1) is 0 Å². The van der Waals surface area contributed by atoms with Crippen molar-refractivity contribution in [1.82, 2.24) is 0 Å². The van der Waals surface area contributed by atoms with Crippen LogP contribution < -0.4 is 5.73 Å². The lowest BCUT2D eigenvalue weighted by atomic mass is 9.94. The van der Waals surface area contributed by atoms with Crippen LogP contribution in [0.25, 0.3) is 0 Å². The van der Waals surface area contributed by atoms with Crippen LogP contribution in [0.3, 0.4) is 0 Å². The van der Waals surface area contributed by atoms with Gasteiger partial charge < -0.3 is 10.5 Å². The highest BCUT2D eigenvalue weighted by Crippen LogP contribution is 2.29. The maximum atomic E-state index is 5.80. The van der Waals surface area contributed by atoms with Crippen LogP contribution >= 0.6 is 12.4 Å². The standard InChI is InChI=1S/C9H17NO.ClH/c10-7-1-3-8(4-2-7)11-9-5-6-9;/h7-9H,1-6,10H2;1H. The number of rotatable bonds is 2. The lowest BCUT2D eigenvalue weighted by Crippen LogP contribution is -2.30. The van der Waals surface area contributed by atoms with Crippen molar-refractivity contribution in [2.24, 2.45) is 5.73 Å². The smallest absolute Gasteiger partial charge is 0.0580 e. The molecule has 0 aromatic carbocycles. The molecule has 0 heterocycles. The van der Waals surface area contributed by atoms with Gasteiger partial charge >= 0.3 is 0 Å². The first kappa shape index (κ1) is 10.3. The molecule has 0 atom stereocenters. The van der Waals surface area contributed by atoms with Crippen molar-refractivity contribution in [1.29, 1.82) is 0 Å². The third-order valence-electron chi connectivity index (χ3n) is 2.63. The maximum Gasteiger partial charge on any atom is 0.0580 e. The minimum Gasteiger partial charge on any atom is -0.375 e. The molecule has 0 aromatic heterocycles. The molecule has 0 unspecified atom stereocenters. The Kier molecular flexibility index (Phi) is 3.81. The second-order valence-corrected chi connectivity index (χ2v) is 3.87. The highest BCUT2D eigenvalue weighted by molar-refractivity contribution is 5.85. The van der Waals surface area contributed by atoms with Crippen LogP contribution in [0.5, 0.6) is 0 Å². The summed E-state index contributed by atoms with van der Waals surface area (Å²) in [5, 5.41) is 0. The van der Waals surface area contributed by atoms with Crippen molar-refractivity contribution in [3.63, 3.8) is 0 Å². The zero-order valence-electron chi connectivity index (χ0n) is 7.37. The van der Waals surface area contributed by atoms with Gasteiger partial charge in [0.25, 0.3) is 0 Å². The Balaban J connectivity index is 0.000000720. The van der Waals surface area contributed by atoms with Crippen molar-refractivity contribution in [2.75, 3.05) is 0 Å². The van der Waals surface area contributed by atoms with E-state index in [0.29, 0.717) is 18.2 Å². The summed E-state index contributed by atoms with van der Waals surface area (Å²) >= 11 is 0. The first-order valence-corrected chi connectivity index (χ1v) is 4.75. The number of hydrogen-bond donors (Lipinski definition) is 1. The summed E-state index contributed by atoms with van der Waals surface area (Å²) in [6.45, 7) is 0. The zero-order valence-corrected chi connectivity index (χ0v) is 8.19. The molecular weight excluding hydrogens is 174 g/mol. The molecule has 0 amide bonds. The van der Waals surface area contributed by atoms with Crippen molar-refractivity contribution in [2.45, 2.75) is 56.8 Å². The molecule has 2 aliphatic carbocycles. The SMILES string of the molecule is Cl.NC1CCC(OC2CC2)CC1. The van der Waals surface area contributed by atoms with Crippen LogP contribution in [0.4, 0.5) is 0 Å². The topological polar surface area (TPSA) is 35.2 Å². The summed E-state index contributed by atoms with van der Waals surface area (Å²) in [6, 6.07) is 0.453. The molecule has 72 valence electrons. The van der Waals surface area contributed by atoms with E-state index in [4.69, 9.17) is 10.5 Å². The van der Waals surface area contributed by atoms with Crippen LogP contribution in [0.2, 0.25) is 0 Å². The van der Waals surface area contributed by atoms with E-state index in [-0.39, 0.29) is 12.4 Å². The molecule has 3 heteroatoms. The lowest BCUT2D eigenvalue weighted by Gasteiger charge is -2.26. The van der Waals surface area contributed by atoms with E-state index in [9.17, 15) is 0 Å². The van der Waals surface area contributed by atoms with Gasteiger partial charge in [-0.1, -0.05) is 0 Å². The van der Waals surface area contributed by atoms with E-state index in [2.05, 4.69) is 0 Å². The first-order chi connectivity index (χ1) is 5.34. The molecule has 2 rings (SSSR count). The van der Waals surface area contributed by atoms with Gasteiger partial charge in [0.2, 0.25) is 0 Å². The second kappa shape index (κ2) is 4.45. The molecule has 0 aliphatic heterocycles. The summed E-state index contributed by atoms with van der Waals surface area (Å²) in [6.07, 6.45) is 8.46. The molecule has 0 radical (unpaired) electrons. The van der Waals surface area contributed by atoms with Gasteiger partial charge in [0.1, 0.15) is 0 Å². The molecule has 0 saturated heterocycles. The Morgan fingerprint density at radius 1 is 0.833 bits per heavy atom. The first-order valence-electron chi connectivity index (χ1n) is 4.75. The largest absolute Gasteiger partial charge is 0.375 e. The van der Waals surface area contributed by atoms with E-state index < -0.39 is 0 Å². The maximum absolute atomic E-state index is 5.80. The molecular formula is C9H18ClNO. The quantitative estimate of drug-likeness (QED) is 0.723. The van der Waals surface area contributed by atoms with Gasteiger partial charge in [0, 0.05) is 6.04 Å². The van der Waals surface area contributed by atoms with Crippen LogP contribution in [-0.4, -0.2) is 18.2 Å². The van der Waals surface area contributed by atoms with Gasteiger partial charge in [-0.25, -0.2) is 0 Å². The summed E-state index contributed by atoms with van der Waals surface area (Å²) in [5.74, 6) is 0. The fourth-order valence-electron chi connectivity index (χ4n) is 1.70. The molecule has 2 N–H and O–H groups in total. The third-order valence-corrected chi connectivity index (χ3v) is 2.63. The highest BCUT2D eigenvalue weighted by Gasteiger charge is 2.28. The van der Waals surface area contributed by atoms with Gasteiger partial charge in [-0.2, -0.15) is 0 Å². The minimum atomic E-state index is 0. The molecule has 2 saturated carbocycles. The van der Waals surface area contributed by atoms with Gasteiger partial charge in [-0.3, -0.25) is 0 Å². The fourth-order valence-corrected chi connectivity index (χ4v) is 1.70. The third kappa shape index (κ3) is 2.92. The zero-order chi connectivity index (χ0) is 7.68. The van der Waals surface area contributed by atoms with Crippen LogP contribution in [-0.2, 0) is 4.74 Å². The summed E-state index contributed by atoms with van der Waals surface area (Å²) in [7, 11) is 0. The van der Waals surface area contributed by atoms with Crippen LogP contribution in [0.1, 0.15) is 38.5 Å². The molecule has 2 nitrogen and oxygen atoms in total. The molecule has 2 aliphatic rings.